The molecule has 0 N–H and O–H groups in total. The van der Waals surface area contributed by atoms with E-state index in [2.05, 4.69) is 11.9 Å². The molecule has 3 atom stereocenters. The number of hydrogen-bond acceptors (Lipinski definition) is 2. The van der Waals surface area contributed by atoms with Crippen LogP contribution in [0.5, 0.6) is 0 Å². The van der Waals surface area contributed by atoms with Crippen molar-refractivity contribution in [1.29, 1.82) is 0 Å². The number of halogens is 1. The van der Waals surface area contributed by atoms with E-state index < -0.39 is 0 Å². The van der Waals surface area contributed by atoms with Crippen LogP contribution < -0.4 is 4.90 Å². The van der Waals surface area contributed by atoms with Gasteiger partial charge in [0.05, 0.1) is 6.10 Å². The highest BCUT2D eigenvalue weighted by Crippen LogP contribution is 2.37. The van der Waals surface area contributed by atoms with Gasteiger partial charge >= 0.3 is 0 Å². The lowest BCUT2D eigenvalue weighted by Crippen LogP contribution is -2.49. The van der Waals surface area contributed by atoms with E-state index >= 15 is 0 Å². The van der Waals surface area contributed by atoms with Gasteiger partial charge in [0.2, 0.25) is 0 Å². The van der Waals surface area contributed by atoms with Crippen molar-refractivity contribution in [2.75, 3.05) is 18.6 Å². The molecule has 1 aromatic carbocycles. The number of rotatable bonds is 2. The van der Waals surface area contributed by atoms with Gasteiger partial charge in [-0.3, -0.25) is 0 Å². The molecule has 1 saturated heterocycles. The van der Waals surface area contributed by atoms with Crippen molar-refractivity contribution in [1.82, 2.24) is 0 Å². The Hall–Kier alpha value is -1.09. The molecule has 1 heterocycles. The van der Waals surface area contributed by atoms with Crippen molar-refractivity contribution < 1.29 is 9.13 Å². The van der Waals surface area contributed by atoms with E-state index in [1.807, 2.05) is 12.1 Å². The van der Waals surface area contributed by atoms with Gasteiger partial charge in [-0.2, -0.15) is 0 Å². The van der Waals surface area contributed by atoms with Gasteiger partial charge in [-0.05, 0) is 43.5 Å². The predicted molar refractivity (Wildman–Crippen MR) is 74.9 cm³/mol. The van der Waals surface area contributed by atoms with Crippen LogP contribution in [0, 0.1) is 11.7 Å². The summed E-state index contributed by atoms with van der Waals surface area (Å²) in [6.45, 7) is 0.859. The van der Waals surface area contributed by atoms with E-state index in [0.717, 1.165) is 18.7 Å². The molecule has 0 bridgehead atoms. The van der Waals surface area contributed by atoms with Gasteiger partial charge in [0.1, 0.15) is 5.82 Å². The third-order valence-corrected chi connectivity index (χ3v) is 4.72. The molecule has 0 aromatic heterocycles. The molecular weight excluding hydrogens is 241 g/mol. The van der Waals surface area contributed by atoms with Crippen molar-refractivity contribution in [3.05, 3.63) is 30.1 Å². The lowest BCUT2D eigenvalue weighted by molar-refractivity contribution is -0.0571. The lowest BCUT2D eigenvalue weighted by Gasteiger charge is -2.45. The highest BCUT2D eigenvalue weighted by Gasteiger charge is 2.37. The first kappa shape index (κ1) is 12.9. The summed E-state index contributed by atoms with van der Waals surface area (Å²) in [5.41, 5.74) is 1.11. The second kappa shape index (κ2) is 5.49. The van der Waals surface area contributed by atoms with Crippen molar-refractivity contribution in [3.8, 4) is 0 Å². The summed E-state index contributed by atoms with van der Waals surface area (Å²) < 4.78 is 19.0. The number of ether oxygens (including phenoxy) is 1. The smallest absolute Gasteiger partial charge is 0.123 e. The van der Waals surface area contributed by atoms with Crippen LogP contribution in [0.3, 0.4) is 0 Å². The van der Waals surface area contributed by atoms with Crippen LogP contribution in [0.4, 0.5) is 10.1 Å². The summed E-state index contributed by atoms with van der Waals surface area (Å²) in [4.78, 5) is 2.32. The van der Waals surface area contributed by atoms with E-state index in [1.54, 1.807) is 12.1 Å². The largest absolute Gasteiger partial charge is 0.378 e. The Balaban J connectivity index is 1.77. The van der Waals surface area contributed by atoms with E-state index in [1.165, 1.54) is 25.7 Å². The number of benzene rings is 1. The molecule has 2 nitrogen and oxygen atoms in total. The van der Waals surface area contributed by atoms with Crippen molar-refractivity contribution in [2.24, 2.45) is 5.92 Å². The zero-order chi connectivity index (χ0) is 13.2. The summed E-state index contributed by atoms with van der Waals surface area (Å²) in [6.07, 6.45) is 6.61. The van der Waals surface area contributed by atoms with Gasteiger partial charge in [-0.1, -0.05) is 12.8 Å². The second-order valence-corrected chi connectivity index (χ2v) is 5.80. The van der Waals surface area contributed by atoms with Crippen LogP contribution in [0.2, 0.25) is 0 Å². The molecule has 0 radical (unpaired) electrons. The molecule has 0 spiro atoms. The summed E-state index contributed by atoms with van der Waals surface area (Å²) in [7, 11) is 2.13. The van der Waals surface area contributed by atoms with E-state index in [4.69, 9.17) is 4.74 Å². The monoisotopic (exact) mass is 263 g/mol. The summed E-state index contributed by atoms with van der Waals surface area (Å²) in [5, 5.41) is 0. The van der Waals surface area contributed by atoms with E-state index in [-0.39, 0.29) is 5.82 Å². The highest BCUT2D eigenvalue weighted by molar-refractivity contribution is 5.46. The van der Waals surface area contributed by atoms with Gasteiger partial charge in [-0.25, -0.2) is 4.39 Å². The fourth-order valence-electron chi connectivity index (χ4n) is 3.68. The maximum atomic E-state index is 13.0. The van der Waals surface area contributed by atoms with Crippen LogP contribution >= 0.6 is 0 Å². The molecule has 104 valence electrons. The van der Waals surface area contributed by atoms with Crippen LogP contribution in [-0.2, 0) is 4.74 Å². The maximum absolute atomic E-state index is 13.0. The number of nitrogens with zero attached hydrogens (tertiary/aromatic N) is 1. The number of fused-ring (bicyclic) bond motifs is 1. The molecule has 1 aromatic rings. The van der Waals surface area contributed by atoms with Gasteiger partial charge in [-0.15, -0.1) is 0 Å². The van der Waals surface area contributed by atoms with Gasteiger partial charge in [0, 0.05) is 31.3 Å². The van der Waals surface area contributed by atoms with Crippen LogP contribution in [-0.4, -0.2) is 25.8 Å². The predicted octanol–water partition coefficient (Wildman–Crippen LogP) is 3.61. The lowest BCUT2D eigenvalue weighted by atomic mass is 9.78. The summed E-state index contributed by atoms with van der Waals surface area (Å²) in [6, 6.07) is 7.38. The van der Waals surface area contributed by atoms with Gasteiger partial charge in [0.15, 0.2) is 0 Å². The summed E-state index contributed by atoms with van der Waals surface area (Å²) in [5.74, 6) is 0.470. The Labute approximate surface area is 114 Å². The average Bonchev–Trinajstić information content (AvgIpc) is 2.47. The molecule has 3 heteroatoms. The molecular formula is C16H22FNO. The van der Waals surface area contributed by atoms with E-state index in [0.29, 0.717) is 18.1 Å². The SMILES string of the molecule is CN(c1ccc(F)cc1)C1CCOC2CCCCC21. The normalized spacial score (nSPS) is 30.7. The minimum atomic E-state index is -0.167. The van der Waals surface area contributed by atoms with Crippen LogP contribution in [0.15, 0.2) is 24.3 Å². The standard InChI is InChI=1S/C16H22FNO/c1-18(13-8-6-12(17)7-9-13)15-10-11-19-16-5-3-2-4-14(15)16/h6-9,14-16H,2-5,10-11H2,1H3. The highest BCUT2D eigenvalue weighted by atomic mass is 19.1. The topological polar surface area (TPSA) is 12.5 Å². The van der Waals surface area contributed by atoms with Crippen LogP contribution in [0.1, 0.15) is 32.1 Å². The molecule has 1 aliphatic heterocycles. The van der Waals surface area contributed by atoms with Gasteiger partial charge in [0.25, 0.3) is 0 Å². The Kier molecular flexibility index (Phi) is 3.74. The second-order valence-electron chi connectivity index (χ2n) is 5.80. The van der Waals surface area contributed by atoms with Crippen molar-refractivity contribution >= 4 is 5.69 Å². The maximum Gasteiger partial charge on any atom is 0.123 e. The average molecular weight is 263 g/mol. The molecule has 19 heavy (non-hydrogen) atoms. The minimum absolute atomic E-state index is 0.167. The molecule has 1 saturated carbocycles. The Morgan fingerprint density at radius 3 is 2.63 bits per heavy atom. The Bertz CT molecular complexity index is 417. The fourth-order valence-corrected chi connectivity index (χ4v) is 3.68. The van der Waals surface area contributed by atoms with Gasteiger partial charge < -0.3 is 9.64 Å². The van der Waals surface area contributed by atoms with Crippen molar-refractivity contribution in [3.63, 3.8) is 0 Å². The minimum Gasteiger partial charge on any atom is -0.378 e. The first-order valence-electron chi connectivity index (χ1n) is 7.36. The first-order chi connectivity index (χ1) is 9.25. The third kappa shape index (κ3) is 2.62. The Morgan fingerprint density at radius 1 is 1.11 bits per heavy atom. The zero-order valence-electron chi connectivity index (χ0n) is 11.5. The zero-order valence-corrected chi connectivity index (χ0v) is 11.5. The number of hydrogen-bond donors (Lipinski definition) is 0. The van der Waals surface area contributed by atoms with E-state index in [9.17, 15) is 4.39 Å². The fraction of sp³-hybridized carbons (Fsp3) is 0.625. The van der Waals surface area contributed by atoms with Crippen molar-refractivity contribution in [2.45, 2.75) is 44.2 Å². The third-order valence-electron chi connectivity index (χ3n) is 4.72. The molecule has 2 aliphatic rings. The van der Waals surface area contributed by atoms with Crippen LogP contribution in [0.25, 0.3) is 0 Å². The first-order valence-corrected chi connectivity index (χ1v) is 7.36. The molecule has 3 unspecified atom stereocenters. The molecule has 1 aliphatic carbocycles. The molecule has 2 fully saturated rings. The quantitative estimate of drug-likeness (QED) is 0.808. The molecule has 3 rings (SSSR count). The molecule has 0 amide bonds. The summed E-state index contributed by atoms with van der Waals surface area (Å²) >= 11 is 0. The number of anilines is 1. The Morgan fingerprint density at radius 2 is 1.84 bits per heavy atom.